The fraction of sp³-hybridized carbons (Fsp3) is 0.538. The summed E-state index contributed by atoms with van der Waals surface area (Å²) in [6.45, 7) is 1.00. The first-order valence-corrected chi connectivity index (χ1v) is 5.83. The minimum absolute atomic E-state index is 0.697. The van der Waals surface area contributed by atoms with Crippen LogP contribution in [0.15, 0.2) is 30.3 Å². The lowest BCUT2D eigenvalue weighted by Crippen LogP contribution is -2.29. The van der Waals surface area contributed by atoms with E-state index in [0.717, 1.165) is 12.6 Å². The largest absolute Gasteiger partial charge is 0.317 e. The third-order valence-corrected chi connectivity index (χ3v) is 3.28. The number of nitrogens with one attached hydrogen (secondary N) is 2. The summed E-state index contributed by atoms with van der Waals surface area (Å²) < 4.78 is 0. The fourth-order valence-corrected chi connectivity index (χ4v) is 2.29. The molecule has 0 unspecified atom stereocenters. The Labute approximate surface area is 92.1 Å². The van der Waals surface area contributed by atoms with E-state index in [1.165, 1.54) is 24.8 Å². The van der Waals surface area contributed by atoms with Gasteiger partial charge in [0.1, 0.15) is 0 Å². The first-order chi connectivity index (χ1) is 7.38. The van der Waals surface area contributed by atoms with Crippen LogP contribution in [0.4, 0.5) is 0 Å². The summed E-state index contributed by atoms with van der Waals surface area (Å²) in [7, 11) is 2.06. The maximum absolute atomic E-state index is 3.62. The molecule has 2 heteroatoms. The average Bonchev–Trinajstić information content (AvgIpc) is 2.76. The fourth-order valence-electron chi connectivity index (χ4n) is 2.29. The summed E-state index contributed by atoms with van der Waals surface area (Å²) in [5.41, 5.74) is 1.38. The van der Waals surface area contributed by atoms with E-state index < -0.39 is 0 Å². The predicted octanol–water partition coefficient (Wildman–Crippen LogP) is 1.92. The van der Waals surface area contributed by atoms with Crippen molar-refractivity contribution in [3.05, 3.63) is 35.9 Å². The van der Waals surface area contributed by atoms with Crippen LogP contribution >= 0.6 is 0 Å². The Morgan fingerprint density at radius 3 is 2.53 bits per heavy atom. The van der Waals surface area contributed by atoms with Crippen LogP contribution in [-0.4, -0.2) is 19.1 Å². The van der Waals surface area contributed by atoms with E-state index in [9.17, 15) is 0 Å². The first-order valence-electron chi connectivity index (χ1n) is 5.83. The molecule has 0 bridgehead atoms. The zero-order valence-corrected chi connectivity index (χ0v) is 9.37. The maximum Gasteiger partial charge on any atom is 0.0208 e. The molecule has 82 valence electrons. The number of hydrogen-bond acceptors (Lipinski definition) is 2. The molecule has 0 aliphatic heterocycles. The lowest BCUT2D eigenvalue weighted by atomic mass is 10.2. The standard InChI is InChI=1S/C13H20N2/c1-14-12-7-8-13(9-12)15-10-11-5-3-2-4-6-11/h2-6,12-15H,7-10H2,1H3/t12-,13+/m1/s1. The minimum atomic E-state index is 0.697. The Bertz CT molecular complexity index is 284. The van der Waals surface area contributed by atoms with E-state index in [4.69, 9.17) is 0 Å². The molecule has 2 rings (SSSR count). The Morgan fingerprint density at radius 1 is 1.13 bits per heavy atom. The molecule has 0 radical (unpaired) electrons. The van der Waals surface area contributed by atoms with Crippen molar-refractivity contribution in [1.82, 2.24) is 10.6 Å². The molecule has 1 saturated carbocycles. The van der Waals surface area contributed by atoms with Gasteiger partial charge in [-0.3, -0.25) is 0 Å². The average molecular weight is 204 g/mol. The summed E-state index contributed by atoms with van der Waals surface area (Å²) in [4.78, 5) is 0. The Balaban J connectivity index is 1.75. The molecular formula is C13H20N2. The van der Waals surface area contributed by atoms with Crippen molar-refractivity contribution in [1.29, 1.82) is 0 Å². The highest BCUT2D eigenvalue weighted by molar-refractivity contribution is 5.14. The first kappa shape index (κ1) is 10.7. The highest BCUT2D eigenvalue weighted by Crippen LogP contribution is 2.18. The molecule has 1 aromatic rings. The molecule has 0 amide bonds. The second-order valence-corrected chi connectivity index (χ2v) is 4.36. The molecular weight excluding hydrogens is 184 g/mol. The van der Waals surface area contributed by atoms with Crippen LogP contribution in [0.25, 0.3) is 0 Å². The molecule has 0 aromatic heterocycles. The van der Waals surface area contributed by atoms with Crippen LogP contribution in [0.5, 0.6) is 0 Å². The Hall–Kier alpha value is -0.860. The SMILES string of the molecule is CN[C@@H]1CC[C@H](NCc2ccccc2)C1. The second kappa shape index (κ2) is 5.29. The number of benzene rings is 1. The molecule has 1 fully saturated rings. The zero-order valence-electron chi connectivity index (χ0n) is 9.37. The van der Waals surface area contributed by atoms with Gasteiger partial charge in [-0.25, -0.2) is 0 Å². The summed E-state index contributed by atoms with van der Waals surface area (Å²) in [6, 6.07) is 12.0. The van der Waals surface area contributed by atoms with Gasteiger partial charge >= 0.3 is 0 Å². The zero-order chi connectivity index (χ0) is 10.5. The van der Waals surface area contributed by atoms with Crippen LogP contribution in [0, 0.1) is 0 Å². The molecule has 2 nitrogen and oxygen atoms in total. The minimum Gasteiger partial charge on any atom is -0.317 e. The van der Waals surface area contributed by atoms with Crippen LogP contribution in [0.2, 0.25) is 0 Å². The van der Waals surface area contributed by atoms with E-state index >= 15 is 0 Å². The topological polar surface area (TPSA) is 24.1 Å². The molecule has 2 N–H and O–H groups in total. The van der Waals surface area contributed by atoms with Gasteiger partial charge in [-0.05, 0) is 31.9 Å². The lowest BCUT2D eigenvalue weighted by molar-refractivity contribution is 0.500. The quantitative estimate of drug-likeness (QED) is 0.783. The molecule has 0 saturated heterocycles. The highest BCUT2D eigenvalue weighted by atomic mass is 15.0. The molecule has 1 aliphatic rings. The number of rotatable bonds is 4. The van der Waals surface area contributed by atoms with Gasteiger partial charge in [0, 0.05) is 18.6 Å². The van der Waals surface area contributed by atoms with Crippen molar-refractivity contribution in [2.24, 2.45) is 0 Å². The smallest absolute Gasteiger partial charge is 0.0208 e. The molecule has 0 heterocycles. The van der Waals surface area contributed by atoms with Crippen molar-refractivity contribution in [3.8, 4) is 0 Å². The van der Waals surface area contributed by atoms with Crippen LogP contribution in [-0.2, 0) is 6.54 Å². The molecule has 0 spiro atoms. The summed E-state index contributed by atoms with van der Waals surface area (Å²) in [5.74, 6) is 0. The third-order valence-electron chi connectivity index (χ3n) is 3.28. The van der Waals surface area contributed by atoms with Gasteiger partial charge in [-0.1, -0.05) is 30.3 Å². The van der Waals surface area contributed by atoms with Gasteiger partial charge in [-0.15, -0.1) is 0 Å². The van der Waals surface area contributed by atoms with Gasteiger partial charge in [0.2, 0.25) is 0 Å². The van der Waals surface area contributed by atoms with Gasteiger partial charge in [-0.2, -0.15) is 0 Å². The van der Waals surface area contributed by atoms with E-state index in [-0.39, 0.29) is 0 Å². The third kappa shape index (κ3) is 3.05. The van der Waals surface area contributed by atoms with Crippen molar-refractivity contribution >= 4 is 0 Å². The van der Waals surface area contributed by atoms with Crippen molar-refractivity contribution in [3.63, 3.8) is 0 Å². The van der Waals surface area contributed by atoms with E-state index in [2.05, 4.69) is 48.0 Å². The van der Waals surface area contributed by atoms with Crippen molar-refractivity contribution in [2.45, 2.75) is 37.9 Å². The molecule has 1 aromatic carbocycles. The van der Waals surface area contributed by atoms with Crippen molar-refractivity contribution in [2.75, 3.05) is 7.05 Å². The van der Waals surface area contributed by atoms with Gasteiger partial charge < -0.3 is 10.6 Å². The van der Waals surface area contributed by atoms with Crippen LogP contribution in [0.3, 0.4) is 0 Å². The van der Waals surface area contributed by atoms with Gasteiger partial charge in [0.15, 0.2) is 0 Å². The molecule has 15 heavy (non-hydrogen) atoms. The van der Waals surface area contributed by atoms with E-state index in [1.807, 2.05) is 0 Å². The normalized spacial score (nSPS) is 25.7. The van der Waals surface area contributed by atoms with Gasteiger partial charge in [0.25, 0.3) is 0 Å². The summed E-state index contributed by atoms with van der Waals surface area (Å²) >= 11 is 0. The Morgan fingerprint density at radius 2 is 1.87 bits per heavy atom. The Kier molecular flexibility index (Phi) is 3.75. The van der Waals surface area contributed by atoms with Crippen molar-refractivity contribution < 1.29 is 0 Å². The van der Waals surface area contributed by atoms with E-state index in [0.29, 0.717) is 6.04 Å². The monoisotopic (exact) mass is 204 g/mol. The van der Waals surface area contributed by atoms with Crippen LogP contribution in [0.1, 0.15) is 24.8 Å². The summed E-state index contributed by atoms with van der Waals surface area (Å²) in [6.07, 6.45) is 3.88. The second-order valence-electron chi connectivity index (χ2n) is 4.36. The van der Waals surface area contributed by atoms with Crippen LogP contribution < -0.4 is 10.6 Å². The predicted molar refractivity (Wildman–Crippen MR) is 63.8 cm³/mol. The summed E-state index contributed by atoms with van der Waals surface area (Å²) in [5, 5.41) is 6.97. The number of hydrogen-bond donors (Lipinski definition) is 2. The maximum atomic E-state index is 3.62. The lowest BCUT2D eigenvalue weighted by Gasteiger charge is -2.13. The molecule has 2 atom stereocenters. The highest BCUT2D eigenvalue weighted by Gasteiger charge is 2.22. The molecule has 1 aliphatic carbocycles. The van der Waals surface area contributed by atoms with Gasteiger partial charge in [0.05, 0.1) is 0 Å². The van der Waals surface area contributed by atoms with E-state index in [1.54, 1.807) is 0 Å².